The molecule has 0 radical (unpaired) electrons. The lowest BCUT2D eigenvalue weighted by molar-refractivity contribution is -0.167. The molecule has 6 nitrogen and oxygen atoms in total. The summed E-state index contributed by atoms with van der Waals surface area (Å²) in [4.78, 5) is 38.2. The van der Waals surface area contributed by atoms with Gasteiger partial charge in [-0.05, 0) is 89.9 Å². The molecule has 0 aromatic rings. The van der Waals surface area contributed by atoms with Crippen molar-refractivity contribution in [1.29, 1.82) is 0 Å². The average Bonchev–Trinajstić information content (AvgIpc) is 3.36. The van der Waals surface area contributed by atoms with Crippen molar-refractivity contribution < 1.29 is 28.6 Å². The van der Waals surface area contributed by atoms with Gasteiger partial charge in [0.2, 0.25) is 0 Å². The first-order valence-electron chi connectivity index (χ1n) is 29.9. The van der Waals surface area contributed by atoms with Crippen LogP contribution in [0.2, 0.25) is 0 Å². The van der Waals surface area contributed by atoms with Gasteiger partial charge in [-0.3, -0.25) is 14.4 Å². The van der Waals surface area contributed by atoms with Crippen molar-refractivity contribution in [3.05, 3.63) is 72.9 Å². The molecule has 0 rings (SSSR count). The Labute approximate surface area is 433 Å². The van der Waals surface area contributed by atoms with Gasteiger partial charge in [-0.25, -0.2) is 0 Å². The molecular formula is C64H112O6. The summed E-state index contributed by atoms with van der Waals surface area (Å²) >= 11 is 0. The quantitative estimate of drug-likeness (QED) is 0.0261. The first-order chi connectivity index (χ1) is 34.5. The number of esters is 3. The summed E-state index contributed by atoms with van der Waals surface area (Å²) in [6.45, 7) is 6.50. The molecule has 1 unspecified atom stereocenters. The van der Waals surface area contributed by atoms with Gasteiger partial charge < -0.3 is 14.2 Å². The van der Waals surface area contributed by atoms with Crippen molar-refractivity contribution in [2.45, 2.75) is 303 Å². The number of carbonyl (C=O) groups excluding carboxylic acids is 3. The van der Waals surface area contributed by atoms with Gasteiger partial charge in [0.1, 0.15) is 13.2 Å². The molecule has 404 valence electrons. The number of allylic oxidation sites excluding steroid dienone is 12. The van der Waals surface area contributed by atoms with E-state index in [4.69, 9.17) is 14.2 Å². The van der Waals surface area contributed by atoms with Crippen LogP contribution in [0.3, 0.4) is 0 Å². The van der Waals surface area contributed by atoms with Gasteiger partial charge in [0, 0.05) is 19.3 Å². The Morgan fingerprint density at radius 3 is 0.900 bits per heavy atom. The molecule has 0 heterocycles. The molecule has 0 saturated carbocycles. The van der Waals surface area contributed by atoms with Crippen LogP contribution >= 0.6 is 0 Å². The first-order valence-corrected chi connectivity index (χ1v) is 29.9. The molecule has 6 heteroatoms. The Kier molecular flexibility index (Phi) is 55.8. The standard InChI is InChI=1S/C64H112O6/c1-4-7-10-13-16-19-22-25-28-30-31-32-34-36-39-42-45-48-51-54-57-63(66)69-60-61(59-68-62(65)56-53-50-47-44-41-38-35-27-24-21-18-15-12-9-6-3)70-64(67)58-55-52-49-46-43-40-37-33-29-26-23-20-17-14-11-8-5-2/h8,11,17-18,20-21,26-27,29,35,37,40,61H,4-7,9-10,12-16,19,22-25,28,30-34,36,38-39,41-60H2,1-3H3/b11-8-,20-17-,21-18-,29-26-,35-27-,40-37-. The summed E-state index contributed by atoms with van der Waals surface area (Å²) in [6, 6.07) is 0. The first kappa shape index (κ1) is 66.9. The lowest BCUT2D eigenvalue weighted by atomic mass is 10.0. The van der Waals surface area contributed by atoms with Crippen LogP contribution in [0.1, 0.15) is 297 Å². The normalized spacial score (nSPS) is 12.6. The van der Waals surface area contributed by atoms with Crippen LogP contribution in [0.4, 0.5) is 0 Å². The summed E-state index contributed by atoms with van der Waals surface area (Å²) in [5.41, 5.74) is 0. The monoisotopic (exact) mass is 977 g/mol. The van der Waals surface area contributed by atoms with Crippen LogP contribution in [0.15, 0.2) is 72.9 Å². The third-order valence-electron chi connectivity index (χ3n) is 12.9. The Morgan fingerprint density at radius 2 is 0.557 bits per heavy atom. The van der Waals surface area contributed by atoms with Gasteiger partial charge >= 0.3 is 17.9 Å². The number of rotatable bonds is 54. The number of hydrogen-bond acceptors (Lipinski definition) is 6. The molecule has 1 atom stereocenters. The highest BCUT2D eigenvalue weighted by Gasteiger charge is 2.19. The molecular weight excluding hydrogens is 865 g/mol. The van der Waals surface area contributed by atoms with Crippen molar-refractivity contribution in [3.63, 3.8) is 0 Å². The minimum absolute atomic E-state index is 0.0877. The minimum Gasteiger partial charge on any atom is -0.462 e. The number of hydrogen-bond donors (Lipinski definition) is 0. The number of ether oxygens (including phenoxy) is 3. The van der Waals surface area contributed by atoms with E-state index in [1.165, 1.54) is 141 Å². The van der Waals surface area contributed by atoms with E-state index in [-0.39, 0.29) is 31.1 Å². The van der Waals surface area contributed by atoms with Crippen molar-refractivity contribution in [1.82, 2.24) is 0 Å². The molecule has 0 aliphatic rings. The van der Waals surface area contributed by atoms with E-state index in [0.29, 0.717) is 19.3 Å². The van der Waals surface area contributed by atoms with Gasteiger partial charge in [0.15, 0.2) is 6.10 Å². The van der Waals surface area contributed by atoms with Crippen LogP contribution in [-0.2, 0) is 28.6 Å². The fraction of sp³-hybridized carbons (Fsp3) is 0.766. The Bertz CT molecular complexity index is 1310. The van der Waals surface area contributed by atoms with Gasteiger partial charge in [-0.1, -0.05) is 261 Å². The highest BCUT2D eigenvalue weighted by Crippen LogP contribution is 2.16. The Morgan fingerprint density at radius 1 is 0.300 bits per heavy atom. The van der Waals surface area contributed by atoms with Crippen molar-refractivity contribution >= 4 is 17.9 Å². The molecule has 0 amide bonds. The van der Waals surface area contributed by atoms with E-state index >= 15 is 0 Å². The van der Waals surface area contributed by atoms with Gasteiger partial charge in [0.25, 0.3) is 0 Å². The molecule has 0 aliphatic carbocycles. The predicted molar refractivity (Wildman–Crippen MR) is 302 cm³/mol. The van der Waals surface area contributed by atoms with Crippen LogP contribution < -0.4 is 0 Å². The molecule has 0 aliphatic heterocycles. The molecule has 70 heavy (non-hydrogen) atoms. The zero-order valence-electron chi connectivity index (χ0n) is 46.3. The highest BCUT2D eigenvalue weighted by molar-refractivity contribution is 5.71. The summed E-state index contributed by atoms with van der Waals surface area (Å²) in [6.07, 6.45) is 74.7. The maximum atomic E-state index is 12.9. The fourth-order valence-corrected chi connectivity index (χ4v) is 8.47. The topological polar surface area (TPSA) is 78.9 Å². The van der Waals surface area contributed by atoms with Crippen molar-refractivity contribution in [2.24, 2.45) is 0 Å². The third-order valence-corrected chi connectivity index (χ3v) is 12.9. The zero-order valence-corrected chi connectivity index (χ0v) is 46.3. The largest absolute Gasteiger partial charge is 0.462 e. The van der Waals surface area contributed by atoms with E-state index in [0.717, 1.165) is 116 Å². The molecule has 0 N–H and O–H groups in total. The number of unbranched alkanes of at least 4 members (excludes halogenated alkanes) is 31. The number of carbonyl (C=O) groups is 3. The summed E-state index contributed by atoms with van der Waals surface area (Å²) in [7, 11) is 0. The Balaban J connectivity index is 4.39. The van der Waals surface area contributed by atoms with E-state index in [2.05, 4.69) is 93.7 Å². The second-order valence-corrected chi connectivity index (χ2v) is 19.9. The van der Waals surface area contributed by atoms with Crippen LogP contribution in [0.25, 0.3) is 0 Å². The maximum Gasteiger partial charge on any atom is 0.306 e. The molecule has 0 saturated heterocycles. The smallest absolute Gasteiger partial charge is 0.306 e. The summed E-state index contributed by atoms with van der Waals surface area (Å²) in [5.74, 6) is -0.914. The van der Waals surface area contributed by atoms with Gasteiger partial charge in [-0.2, -0.15) is 0 Å². The van der Waals surface area contributed by atoms with E-state index in [1.54, 1.807) is 0 Å². The second kappa shape index (κ2) is 58.4. The summed E-state index contributed by atoms with van der Waals surface area (Å²) in [5, 5.41) is 0. The van der Waals surface area contributed by atoms with E-state index in [1.807, 2.05) is 0 Å². The zero-order chi connectivity index (χ0) is 50.7. The van der Waals surface area contributed by atoms with Crippen molar-refractivity contribution in [3.8, 4) is 0 Å². The van der Waals surface area contributed by atoms with Gasteiger partial charge in [-0.15, -0.1) is 0 Å². The predicted octanol–water partition coefficient (Wildman–Crippen LogP) is 20.2. The molecule has 0 aromatic carbocycles. The average molecular weight is 978 g/mol. The third kappa shape index (κ3) is 55.8. The van der Waals surface area contributed by atoms with Crippen LogP contribution in [-0.4, -0.2) is 37.2 Å². The lowest BCUT2D eigenvalue weighted by Gasteiger charge is -2.18. The molecule has 0 fully saturated rings. The highest BCUT2D eigenvalue weighted by atomic mass is 16.6. The van der Waals surface area contributed by atoms with E-state index in [9.17, 15) is 14.4 Å². The molecule has 0 bridgehead atoms. The summed E-state index contributed by atoms with van der Waals surface area (Å²) < 4.78 is 16.9. The lowest BCUT2D eigenvalue weighted by Crippen LogP contribution is -2.30. The van der Waals surface area contributed by atoms with Crippen LogP contribution in [0.5, 0.6) is 0 Å². The second-order valence-electron chi connectivity index (χ2n) is 19.9. The van der Waals surface area contributed by atoms with Crippen LogP contribution in [0, 0.1) is 0 Å². The Hall–Kier alpha value is -3.15. The SMILES string of the molecule is CC/C=C\C/C=C\C/C=C\C/C=C\CCCCCCC(=O)OC(COC(=O)CCCCCCC/C=C\C/C=C\CCCCC)COC(=O)CCCCCCCCCCCCCCCCCCCCCC. The molecule has 0 aromatic heterocycles. The molecule has 0 spiro atoms. The fourth-order valence-electron chi connectivity index (χ4n) is 8.47. The van der Waals surface area contributed by atoms with Gasteiger partial charge in [0.05, 0.1) is 0 Å². The van der Waals surface area contributed by atoms with Crippen molar-refractivity contribution in [2.75, 3.05) is 13.2 Å². The van der Waals surface area contributed by atoms with E-state index < -0.39 is 6.10 Å². The maximum absolute atomic E-state index is 12.9. The minimum atomic E-state index is -0.793.